The molecular formula is C11H15FN2O3S. The van der Waals surface area contributed by atoms with Crippen LogP contribution in [0.25, 0.3) is 0 Å². The highest BCUT2D eigenvalue weighted by atomic mass is 32.2. The second-order valence-electron chi connectivity index (χ2n) is 4.34. The molecule has 1 aliphatic carbocycles. The molecule has 100 valence electrons. The van der Waals surface area contributed by atoms with Crippen LogP contribution in [-0.4, -0.2) is 27.7 Å². The van der Waals surface area contributed by atoms with E-state index in [1.165, 1.54) is 12.1 Å². The molecule has 18 heavy (non-hydrogen) atoms. The standard InChI is InChI=1S/C11H15FN2O3S/c1-17-9-5-8(6-9)14-18(15,16)11-3-2-7(13)4-10(11)12/h2-4,8-9,14H,5-6,13H2,1H3. The molecule has 1 saturated carbocycles. The molecule has 0 aromatic heterocycles. The van der Waals surface area contributed by atoms with E-state index in [9.17, 15) is 12.8 Å². The van der Waals surface area contributed by atoms with E-state index in [1.807, 2.05) is 0 Å². The highest BCUT2D eigenvalue weighted by Crippen LogP contribution is 2.25. The van der Waals surface area contributed by atoms with E-state index in [0.29, 0.717) is 12.8 Å². The summed E-state index contributed by atoms with van der Waals surface area (Å²) in [5.74, 6) is -0.842. The lowest BCUT2D eigenvalue weighted by molar-refractivity contribution is 0.0236. The van der Waals surface area contributed by atoms with E-state index in [0.717, 1.165) is 6.07 Å². The van der Waals surface area contributed by atoms with Gasteiger partial charge in [0.2, 0.25) is 10.0 Å². The maximum atomic E-state index is 13.5. The molecule has 0 aliphatic heterocycles. The number of nitrogen functional groups attached to an aromatic ring is 1. The molecule has 1 aliphatic rings. The van der Waals surface area contributed by atoms with E-state index >= 15 is 0 Å². The Morgan fingerprint density at radius 2 is 2.11 bits per heavy atom. The monoisotopic (exact) mass is 274 g/mol. The van der Waals surface area contributed by atoms with Gasteiger partial charge >= 0.3 is 0 Å². The number of nitrogens with two attached hydrogens (primary N) is 1. The quantitative estimate of drug-likeness (QED) is 0.798. The summed E-state index contributed by atoms with van der Waals surface area (Å²) in [7, 11) is -2.26. The number of methoxy groups -OCH3 is 1. The van der Waals surface area contributed by atoms with Crippen LogP contribution in [0.4, 0.5) is 10.1 Å². The van der Waals surface area contributed by atoms with E-state index < -0.39 is 15.8 Å². The first-order chi connectivity index (χ1) is 8.42. The lowest BCUT2D eigenvalue weighted by Gasteiger charge is -2.34. The van der Waals surface area contributed by atoms with Crippen molar-refractivity contribution in [3.63, 3.8) is 0 Å². The molecular weight excluding hydrogens is 259 g/mol. The van der Waals surface area contributed by atoms with Gasteiger partial charge in [-0.25, -0.2) is 17.5 Å². The van der Waals surface area contributed by atoms with Crippen LogP contribution in [0, 0.1) is 5.82 Å². The Morgan fingerprint density at radius 3 is 2.67 bits per heavy atom. The number of benzene rings is 1. The Morgan fingerprint density at radius 1 is 1.44 bits per heavy atom. The molecule has 1 aromatic carbocycles. The SMILES string of the molecule is COC1CC(NS(=O)(=O)c2ccc(N)cc2F)C1. The van der Waals surface area contributed by atoms with Crippen molar-refractivity contribution in [2.45, 2.75) is 29.9 Å². The average Bonchev–Trinajstić information content (AvgIpc) is 2.22. The molecule has 0 saturated heterocycles. The Kier molecular flexibility index (Phi) is 3.56. The fourth-order valence-electron chi connectivity index (χ4n) is 1.87. The molecule has 2 rings (SSSR count). The molecule has 1 aromatic rings. The third-order valence-corrected chi connectivity index (χ3v) is 4.55. The van der Waals surface area contributed by atoms with Crippen LogP contribution in [0.1, 0.15) is 12.8 Å². The van der Waals surface area contributed by atoms with Gasteiger partial charge in [0.1, 0.15) is 10.7 Å². The van der Waals surface area contributed by atoms with Gasteiger partial charge in [0.25, 0.3) is 0 Å². The average molecular weight is 274 g/mol. The van der Waals surface area contributed by atoms with Crippen LogP contribution in [0.3, 0.4) is 0 Å². The second kappa shape index (κ2) is 4.83. The van der Waals surface area contributed by atoms with Crippen molar-refractivity contribution in [1.82, 2.24) is 4.72 Å². The van der Waals surface area contributed by atoms with Crippen molar-refractivity contribution in [2.75, 3.05) is 12.8 Å². The summed E-state index contributed by atoms with van der Waals surface area (Å²) in [5.41, 5.74) is 5.56. The first-order valence-electron chi connectivity index (χ1n) is 5.52. The van der Waals surface area contributed by atoms with Crippen molar-refractivity contribution in [3.8, 4) is 0 Å². The molecule has 1 fully saturated rings. The van der Waals surface area contributed by atoms with Crippen molar-refractivity contribution in [3.05, 3.63) is 24.0 Å². The largest absolute Gasteiger partial charge is 0.399 e. The molecule has 7 heteroatoms. The predicted octanol–water partition coefficient (Wildman–Crippen LogP) is 0.864. The topological polar surface area (TPSA) is 81.4 Å². The number of hydrogen-bond donors (Lipinski definition) is 2. The van der Waals surface area contributed by atoms with Crippen molar-refractivity contribution in [2.24, 2.45) is 0 Å². The summed E-state index contributed by atoms with van der Waals surface area (Å²) in [6, 6.07) is 3.32. The van der Waals surface area contributed by atoms with E-state index in [-0.39, 0.29) is 22.7 Å². The summed E-state index contributed by atoms with van der Waals surface area (Å²) in [4.78, 5) is -0.377. The van der Waals surface area contributed by atoms with Crippen molar-refractivity contribution >= 4 is 15.7 Å². The first kappa shape index (κ1) is 13.3. The van der Waals surface area contributed by atoms with Gasteiger partial charge in [-0.3, -0.25) is 0 Å². The smallest absolute Gasteiger partial charge is 0.243 e. The van der Waals surface area contributed by atoms with E-state index in [2.05, 4.69) is 4.72 Å². The van der Waals surface area contributed by atoms with Gasteiger partial charge < -0.3 is 10.5 Å². The molecule has 0 spiro atoms. The van der Waals surface area contributed by atoms with Gasteiger partial charge in [-0.05, 0) is 31.0 Å². The Balaban J connectivity index is 2.11. The summed E-state index contributed by atoms with van der Waals surface area (Å²) in [5, 5.41) is 0. The van der Waals surface area contributed by atoms with E-state index in [1.54, 1.807) is 7.11 Å². The lowest BCUT2D eigenvalue weighted by Crippen LogP contribution is -2.47. The van der Waals surface area contributed by atoms with Crippen molar-refractivity contribution < 1.29 is 17.5 Å². The molecule has 0 atom stereocenters. The molecule has 0 heterocycles. The summed E-state index contributed by atoms with van der Waals surface area (Å²) >= 11 is 0. The number of halogens is 1. The minimum absolute atomic E-state index is 0.0777. The fraction of sp³-hybridized carbons (Fsp3) is 0.455. The van der Waals surface area contributed by atoms with Crippen LogP contribution >= 0.6 is 0 Å². The van der Waals surface area contributed by atoms with Crippen LogP contribution in [0.2, 0.25) is 0 Å². The van der Waals surface area contributed by atoms with Crippen LogP contribution in [-0.2, 0) is 14.8 Å². The van der Waals surface area contributed by atoms with Gasteiger partial charge in [-0.15, -0.1) is 0 Å². The predicted molar refractivity (Wildman–Crippen MR) is 65.0 cm³/mol. The van der Waals surface area contributed by atoms with Gasteiger partial charge in [0, 0.05) is 18.8 Å². The van der Waals surface area contributed by atoms with Crippen LogP contribution in [0.5, 0.6) is 0 Å². The molecule has 0 amide bonds. The summed E-state index contributed by atoms with van der Waals surface area (Å²) in [6.45, 7) is 0. The third-order valence-electron chi connectivity index (χ3n) is 3.00. The third kappa shape index (κ3) is 2.63. The summed E-state index contributed by atoms with van der Waals surface area (Å²) in [6.07, 6.45) is 1.28. The number of sulfonamides is 1. The number of anilines is 1. The van der Waals surface area contributed by atoms with E-state index in [4.69, 9.17) is 10.5 Å². The Bertz CT molecular complexity index is 541. The highest BCUT2D eigenvalue weighted by Gasteiger charge is 2.33. The maximum absolute atomic E-state index is 13.5. The van der Waals surface area contributed by atoms with Gasteiger partial charge in [-0.1, -0.05) is 0 Å². The van der Waals surface area contributed by atoms with Crippen molar-refractivity contribution in [1.29, 1.82) is 0 Å². The normalized spacial score (nSPS) is 23.7. The Labute approximate surface area is 105 Å². The molecule has 3 N–H and O–H groups in total. The first-order valence-corrected chi connectivity index (χ1v) is 7.01. The zero-order valence-corrected chi connectivity index (χ0v) is 10.7. The number of rotatable bonds is 4. The molecule has 5 nitrogen and oxygen atoms in total. The number of ether oxygens (including phenoxy) is 1. The van der Waals surface area contributed by atoms with Gasteiger partial charge in [0.05, 0.1) is 6.10 Å². The van der Waals surface area contributed by atoms with Crippen LogP contribution in [0.15, 0.2) is 23.1 Å². The highest BCUT2D eigenvalue weighted by molar-refractivity contribution is 7.89. The Hall–Kier alpha value is -1.18. The van der Waals surface area contributed by atoms with Gasteiger partial charge in [0.15, 0.2) is 0 Å². The molecule has 0 radical (unpaired) electrons. The minimum Gasteiger partial charge on any atom is -0.399 e. The zero-order valence-electron chi connectivity index (χ0n) is 9.89. The number of nitrogens with one attached hydrogen (secondary N) is 1. The van der Waals surface area contributed by atoms with Crippen LogP contribution < -0.4 is 10.5 Å². The summed E-state index contributed by atoms with van der Waals surface area (Å²) < 4.78 is 44.9. The minimum atomic E-state index is -3.84. The molecule has 0 bridgehead atoms. The zero-order chi connectivity index (χ0) is 13.3. The van der Waals surface area contributed by atoms with Gasteiger partial charge in [-0.2, -0.15) is 0 Å². The second-order valence-corrected chi connectivity index (χ2v) is 6.02. The maximum Gasteiger partial charge on any atom is 0.243 e. The fourth-order valence-corrected chi connectivity index (χ4v) is 3.19. The molecule has 0 unspecified atom stereocenters. The lowest BCUT2D eigenvalue weighted by atomic mass is 9.90. The number of hydrogen-bond acceptors (Lipinski definition) is 4.